The van der Waals surface area contributed by atoms with E-state index in [-0.39, 0.29) is 0 Å². The third kappa shape index (κ3) is 5.51. The van der Waals surface area contributed by atoms with Gasteiger partial charge in [0.2, 0.25) is 0 Å². The topological polar surface area (TPSA) is 12.9 Å². The largest absolute Gasteiger partial charge is 0.264 e. The molecule has 60 heavy (non-hydrogen) atoms. The van der Waals surface area contributed by atoms with E-state index in [2.05, 4.69) is 211 Å². The smallest absolute Gasteiger partial charge is 0.0346 e. The predicted molar refractivity (Wildman–Crippen MR) is 256 cm³/mol. The first-order chi connectivity index (χ1) is 29.8. The minimum Gasteiger partial charge on any atom is -0.264 e. The number of hydrogen-bond acceptors (Lipinski definition) is 1. The maximum atomic E-state index is 4.57. The van der Waals surface area contributed by atoms with Crippen LogP contribution in [0.1, 0.15) is 0 Å². The molecule has 278 valence electrons. The minimum absolute atomic E-state index is 1.11. The van der Waals surface area contributed by atoms with Crippen LogP contribution in [0.2, 0.25) is 0 Å². The molecule has 11 aromatic carbocycles. The van der Waals surface area contributed by atoms with Crippen LogP contribution in [0.25, 0.3) is 120 Å². The average Bonchev–Trinajstić information content (AvgIpc) is 3.32. The second-order valence-electron chi connectivity index (χ2n) is 15.8. The molecule has 0 fully saturated rings. The van der Waals surface area contributed by atoms with E-state index in [0.29, 0.717) is 0 Å². The lowest BCUT2D eigenvalue weighted by Crippen LogP contribution is -1.93. The van der Waals surface area contributed by atoms with Crippen molar-refractivity contribution in [3.8, 4) is 55.6 Å². The fraction of sp³-hybridized carbons (Fsp3) is 0. The van der Waals surface area contributed by atoms with Crippen molar-refractivity contribution >= 4 is 64.6 Å². The maximum Gasteiger partial charge on any atom is 0.0346 e. The van der Waals surface area contributed by atoms with Crippen LogP contribution in [0.15, 0.2) is 225 Å². The first-order valence-corrected chi connectivity index (χ1v) is 20.7. The highest BCUT2D eigenvalue weighted by molar-refractivity contribution is 6.27. The van der Waals surface area contributed by atoms with E-state index in [1.165, 1.54) is 115 Å². The molecular weight excluding hydrogens is 723 g/mol. The highest BCUT2D eigenvalue weighted by Crippen LogP contribution is 2.48. The number of hydrogen-bond donors (Lipinski definition) is 0. The molecule has 0 unspecified atom stereocenters. The second kappa shape index (κ2) is 13.9. The zero-order chi connectivity index (χ0) is 39.6. The van der Waals surface area contributed by atoms with Gasteiger partial charge in [0.1, 0.15) is 0 Å². The lowest BCUT2D eigenvalue weighted by molar-refractivity contribution is 1.33. The predicted octanol–water partition coefficient (Wildman–Crippen LogP) is 16.3. The summed E-state index contributed by atoms with van der Waals surface area (Å²) in [6, 6.07) is 78.3. The number of benzene rings is 11. The van der Waals surface area contributed by atoms with Gasteiger partial charge in [0, 0.05) is 18.0 Å². The second-order valence-corrected chi connectivity index (χ2v) is 15.8. The van der Waals surface area contributed by atoms with Crippen molar-refractivity contribution in [3.63, 3.8) is 0 Å². The molecule has 0 amide bonds. The minimum atomic E-state index is 1.11. The number of pyridine rings is 1. The molecule has 0 atom stereocenters. The SMILES string of the molecule is c1cncc(-c2cc3ccccc3c3cc4c(-c5ccc(-c6cccc7ccccc67)cc5)c5ccccc5c(-c5ccc(-c6cccc7ccccc67)cc5)c4cc23)c1. The summed E-state index contributed by atoms with van der Waals surface area (Å²) in [7, 11) is 0. The van der Waals surface area contributed by atoms with Crippen LogP contribution < -0.4 is 0 Å². The Morgan fingerprint density at radius 3 is 1.22 bits per heavy atom. The molecule has 1 aromatic heterocycles. The van der Waals surface area contributed by atoms with Crippen molar-refractivity contribution in [1.29, 1.82) is 0 Å². The molecule has 12 rings (SSSR count). The molecule has 0 radical (unpaired) electrons. The van der Waals surface area contributed by atoms with E-state index in [9.17, 15) is 0 Å². The summed E-state index contributed by atoms with van der Waals surface area (Å²) < 4.78 is 0. The summed E-state index contributed by atoms with van der Waals surface area (Å²) in [6.07, 6.45) is 3.84. The van der Waals surface area contributed by atoms with Crippen molar-refractivity contribution in [2.24, 2.45) is 0 Å². The molecule has 0 N–H and O–H groups in total. The summed E-state index contributed by atoms with van der Waals surface area (Å²) in [6.45, 7) is 0. The van der Waals surface area contributed by atoms with Gasteiger partial charge in [-0.3, -0.25) is 4.98 Å². The van der Waals surface area contributed by atoms with Crippen LogP contribution in [-0.4, -0.2) is 4.98 Å². The van der Waals surface area contributed by atoms with Gasteiger partial charge in [0.25, 0.3) is 0 Å². The van der Waals surface area contributed by atoms with E-state index < -0.39 is 0 Å². The number of fused-ring (bicyclic) bond motifs is 7. The molecule has 1 heteroatoms. The van der Waals surface area contributed by atoms with Crippen molar-refractivity contribution in [3.05, 3.63) is 225 Å². The Hall–Kier alpha value is -7.87. The van der Waals surface area contributed by atoms with E-state index >= 15 is 0 Å². The van der Waals surface area contributed by atoms with Crippen molar-refractivity contribution in [1.82, 2.24) is 4.98 Å². The Balaban J connectivity index is 1.15. The maximum absolute atomic E-state index is 4.57. The number of aromatic nitrogens is 1. The number of rotatable bonds is 5. The molecule has 12 aromatic rings. The van der Waals surface area contributed by atoms with E-state index in [0.717, 1.165) is 5.56 Å². The van der Waals surface area contributed by atoms with Gasteiger partial charge in [0.15, 0.2) is 0 Å². The molecule has 0 aliphatic carbocycles. The molecule has 0 saturated carbocycles. The summed E-state index contributed by atoms with van der Waals surface area (Å²) in [4.78, 5) is 4.57. The summed E-state index contributed by atoms with van der Waals surface area (Å²) in [5, 5.41) is 14.9. The van der Waals surface area contributed by atoms with Crippen molar-refractivity contribution in [2.75, 3.05) is 0 Å². The van der Waals surface area contributed by atoms with Crippen LogP contribution in [0.3, 0.4) is 0 Å². The van der Waals surface area contributed by atoms with E-state index in [1.54, 1.807) is 0 Å². The van der Waals surface area contributed by atoms with Crippen LogP contribution in [0.5, 0.6) is 0 Å². The molecule has 0 saturated heterocycles. The Morgan fingerprint density at radius 1 is 0.233 bits per heavy atom. The van der Waals surface area contributed by atoms with E-state index in [1.807, 2.05) is 18.5 Å². The Labute approximate surface area is 348 Å². The molecular formula is C59H37N. The first kappa shape index (κ1) is 34.2. The normalized spacial score (nSPS) is 11.7. The Bertz CT molecular complexity index is 3610. The van der Waals surface area contributed by atoms with Gasteiger partial charge in [-0.05, 0) is 139 Å². The fourth-order valence-electron chi connectivity index (χ4n) is 9.74. The first-order valence-electron chi connectivity index (χ1n) is 20.7. The molecule has 0 aliphatic rings. The van der Waals surface area contributed by atoms with Gasteiger partial charge in [-0.1, -0.05) is 188 Å². The van der Waals surface area contributed by atoms with Crippen LogP contribution in [-0.2, 0) is 0 Å². The highest BCUT2D eigenvalue weighted by atomic mass is 14.6. The summed E-state index contributed by atoms with van der Waals surface area (Å²) in [5.74, 6) is 0. The average molecular weight is 760 g/mol. The van der Waals surface area contributed by atoms with Crippen LogP contribution in [0.4, 0.5) is 0 Å². The summed E-state index contributed by atoms with van der Waals surface area (Å²) >= 11 is 0. The monoisotopic (exact) mass is 759 g/mol. The molecule has 0 aliphatic heterocycles. The molecule has 0 bridgehead atoms. The van der Waals surface area contributed by atoms with Crippen molar-refractivity contribution < 1.29 is 0 Å². The Kier molecular flexibility index (Phi) is 7.92. The quantitative estimate of drug-likeness (QED) is 0.126. The lowest BCUT2D eigenvalue weighted by atomic mass is 9.83. The zero-order valence-corrected chi connectivity index (χ0v) is 32.8. The summed E-state index contributed by atoms with van der Waals surface area (Å²) in [5.41, 5.74) is 12.1. The molecule has 1 heterocycles. The standard InChI is InChI=1S/C59H37N/c1-4-18-46-38(12-1)15-9-23-48(46)40-25-29-42(30-26-40)58-51-21-7-8-22-52(51)59(43-31-27-41(28-32-43)49-24-10-16-39-13-2-5-19-47(39)49)57-36-55-53(45-17-11-33-60-37-45)34-44-14-3-6-20-50(44)54(55)35-56(57)58/h1-37H. The third-order valence-electron chi connectivity index (χ3n) is 12.5. The fourth-order valence-corrected chi connectivity index (χ4v) is 9.74. The zero-order valence-electron chi connectivity index (χ0n) is 32.8. The highest BCUT2D eigenvalue weighted by Gasteiger charge is 2.20. The van der Waals surface area contributed by atoms with Gasteiger partial charge in [-0.2, -0.15) is 0 Å². The van der Waals surface area contributed by atoms with Gasteiger partial charge < -0.3 is 0 Å². The van der Waals surface area contributed by atoms with Gasteiger partial charge in [-0.15, -0.1) is 0 Å². The van der Waals surface area contributed by atoms with Crippen LogP contribution >= 0.6 is 0 Å². The van der Waals surface area contributed by atoms with E-state index in [4.69, 9.17) is 0 Å². The Morgan fingerprint density at radius 2 is 0.683 bits per heavy atom. The lowest BCUT2D eigenvalue weighted by Gasteiger charge is -2.20. The third-order valence-corrected chi connectivity index (χ3v) is 12.5. The van der Waals surface area contributed by atoms with Gasteiger partial charge in [0.05, 0.1) is 0 Å². The van der Waals surface area contributed by atoms with Crippen LogP contribution in [0, 0.1) is 0 Å². The number of nitrogens with zero attached hydrogens (tertiary/aromatic N) is 1. The van der Waals surface area contributed by atoms with Gasteiger partial charge >= 0.3 is 0 Å². The van der Waals surface area contributed by atoms with Crippen molar-refractivity contribution in [2.45, 2.75) is 0 Å². The molecule has 1 nitrogen and oxygen atoms in total. The molecule has 0 spiro atoms. The van der Waals surface area contributed by atoms with Gasteiger partial charge in [-0.25, -0.2) is 0 Å².